The Bertz CT molecular complexity index is 488. The van der Waals surface area contributed by atoms with E-state index in [1.54, 1.807) is 11.0 Å². The number of carboxylic acid groups (broad SMARTS) is 1. The summed E-state index contributed by atoms with van der Waals surface area (Å²) >= 11 is 0. The smallest absolute Gasteiger partial charge is 0.310 e. The summed E-state index contributed by atoms with van der Waals surface area (Å²) < 4.78 is 11.3. The van der Waals surface area contributed by atoms with Gasteiger partial charge in [0, 0.05) is 13.2 Å². The second-order valence-electron chi connectivity index (χ2n) is 6.27. The van der Waals surface area contributed by atoms with Gasteiger partial charge in [-0.1, -0.05) is 12.2 Å². The third-order valence-electron chi connectivity index (χ3n) is 4.49. The molecule has 4 atom stereocenters. The van der Waals surface area contributed by atoms with Gasteiger partial charge < -0.3 is 19.5 Å². The Balaban J connectivity index is 1.65. The quantitative estimate of drug-likeness (QED) is 0.576. The third kappa shape index (κ3) is 2.26. The van der Waals surface area contributed by atoms with E-state index < -0.39 is 29.5 Å². The fraction of sp³-hybridized carbons (Fsp3) is 0.733. The highest BCUT2D eigenvalue weighted by Gasteiger charge is 2.66. The van der Waals surface area contributed by atoms with E-state index in [1.165, 1.54) is 0 Å². The van der Waals surface area contributed by atoms with Crippen LogP contribution in [-0.4, -0.2) is 59.4 Å². The predicted molar refractivity (Wildman–Crippen MR) is 73.6 cm³/mol. The van der Waals surface area contributed by atoms with E-state index in [4.69, 9.17) is 9.47 Å². The molecule has 0 aromatic rings. The van der Waals surface area contributed by atoms with Gasteiger partial charge >= 0.3 is 5.97 Å². The number of carboxylic acids is 1. The number of carbonyl (C=O) groups excluding carboxylic acids is 1. The van der Waals surface area contributed by atoms with Gasteiger partial charge in [0.15, 0.2) is 0 Å². The van der Waals surface area contributed by atoms with E-state index in [0.717, 1.165) is 6.42 Å². The Hall–Kier alpha value is -1.40. The minimum absolute atomic E-state index is 0.0983. The number of ether oxygens (including phenoxy) is 2. The molecule has 1 N–H and O–H groups in total. The zero-order chi connectivity index (χ0) is 15.2. The Morgan fingerprint density at radius 3 is 3.05 bits per heavy atom. The zero-order valence-corrected chi connectivity index (χ0v) is 12.3. The highest BCUT2D eigenvalue weighted by atomic mass is 16.5. The van der Waals surface area contributed by atoms with E-state index in [1.807, 2.05) is 19.9 Å². The molecule has 3 rings (SSSR count). The molecule has 0 aromatic carbocycles. The lowest BCUT2D eigenvalue weighted by Crippen LogP contribution is -2.39. The van der Waals surface area contributed by atoms with Crippen LogP contribution in [-0.2, 0) is 19.1 Å². The Morgan fingerprint density at radius 1 is 1.62 bits per heavy atom. The summed E-state index contributed by atoms with van der Waals surface area (Å²) in [5, 5.41) is 9.35. The average Bonchev–Trinajstić information content (AvgIpc) is 3.03. The number of carbonyl (C=O) groups is 2. The minimum atomic E-state index is -0.949. The van der Waals surface area contributed by atoms with Gasteiger partial charge in [-0.25, -0.2) is 0 Å². The van der Waals surface area contributed by atoms with Crippen LogP contribution in [0.4, 0.5) is 0 Å². The van der Waals surface area contributed by atoms with Gasteiger partial charge in [0.25, 0.3) is 0 Å². The fourth-order valence-electron chi connectivity index (χ4n) is 3.62. The van der Waals surface area contributed by atoms with Crippen LogP contribution in [0.3, 0.4) is 0 Å². The van der Waals surface area contributed by atoms with Crippen LogP contribution in [0.25, 0.3) is 0 Å². The van der Waals surface area contributed by atoms with Crippen molar-refractivity contribution in [3.8, 4) is 0 Å². The summed E-state index contributed by atoms with van der Waals surface area (Å²) in [6, 6.07) is 0. The first kappa shape index (κ1) is 14.5. The van der Waals surface area contributed by atoms with E-state index >= 15 is 0 Å². The van der Waals surface area contributed by atoms with Crippen LogP contribution in [0.5, 0.6) is 0 Å². The SMILES string of the molecule is CC(C)OCCCN1C[C@]23C=C[C@H](O2)C(C(=O)O)C3C1=O. The normalized spacial score (nSPS) is 36.8. The summed E-state index contributed by atoms with van der Waals surface area (Å²) in [7, 11) is 0. The third-order valence-corrected chi connectivity index (χ3v) is 4.49. The summed E-state index contributed by atoms with van der Waals surface area (Å²) in [4.78, 5) is 25.7. The van der Waals surface area contributed by atoms with Gasteiger partial charge in [-0.05, 0) is 20.3 Å². The molecule has 3 aliphatic rings. The number of aliphatic carboxylic acids is 1. The molecular weight excluding hydrogens is 274 g/mol. The lowest BCUT2D eigenvalue weighted by molar-refractivity contribution is -0.148. The molecular formula is C15H21NO5. The van der Waals surface area contributed by atoms with E-state index in [2.05, 4.69) is 0 Å². The molecule has 0 radical (unpaired) electrons. The molecule has 0 saturated carbocycles. The molecule has 3 heterocycles. The minimum Gasteiger partial charge on any atom is -0.481 e. The Morgan fingerprint density at radius 2 is 2.38 bits per heavy atom. The van der Waals surface area contributed by atoms with Crippen LogP contribution >= 0.6 is 0 Å². The number of likely N-dealkylation sites (tertiary alicyclic amines) is 1. The van der Waals surface area contributed by atoms with Crippen molar-refractivity contribution < 1.29 is 24.2 Å². The molecule has 2 bridgehead atoms. The lowest BCUT2D eigenvalue weighted by atomic mass is 9.77. The van der Waals surface area contributed by atoms with Gasteiger partial charge in [0.2, 0.25) is 5.91 Å². The standard InChI is InChI=1S/C15H21NO5/c1-9(2)20-7-3-6-16-8-15-5-4-10(21-15)11(14(18)19)12(15)13(16)17/h4-5,9-12H,3,6-8H2,1-2H3,(H,18,19)/t10-,11?,12?,15-/m0/s1. The average molecular weight is 295 g/mol. The summed E-state index contributed by atoms with van der Waals surface area (Å²) in [6.07, 6.45) is 4.13. The molecule has 21 heavy (non-hydrogen) atoms. The van der Waals surface area contributed by atoms with E-state index in [9.17, 15) is 14.7 Å². The molecule has 0 aliphatic carbocycles. The largest absolute Gasteiger partial charge is 0.481 e. The first-order valence-corrected chi connectivity index (χ1v) is 7.45. The number of fused-ring (bicyclic) bond motifs is 1. The maximum atomic E-state index is 12.5. The maximum Gasteiger partial charge on any atom is 0.310 e. The molecule has 1 spiro atoms. The maximum absolute atomic E-state index is 12.5. The van der Waals surface area contributed by atoms with Gasteiger partial charge in [-0.15, -0.1) is 0 Å². The number of amides is 1. The van der Waals surface area contributed by atoms with Gasteiger partial charge in [0.1, 0.15) is 11.5 Å². The summed E-state index contributed by atoms with van der Waals surface area (Å²) in [5.74, 6) is -2.37. The molecule has 3 aliphatic heterocycles. The highest BCUT2D eigenvalue weighted by Crippen LogP contribution is 2.51. The summed E-state index contributed by atoms with van der Waals surface area (Å²) in [5.41, 5.74) is -0.719. The molecule has 6 nitrogen and oxygen atoms in total. The molecule has 116 valence electrons. The van der Waals surface area contributed by atoms with Crippen molar-refractivity contribution in [3.63, 3.8) is 0 Å². The van der Waals surface area contributed by atoms with Crippen LogP contribution in [0, 0.1) is 11.8 Å². The zero-order valence-electron chi connectivity index (χ0n) is 12.3. The predicted octanol–water partition coefficient (Wildman–Crippen LogP) is 0.668. The van der Waals surface area contributed by atoms with Crippen molar-refractivity contribution in [2.75, 3.05) is 19.7 Å². The van der Waals surface area contributed by atoms with Crippen molar-refractivity contribution in [1.82, 2.24) is 4.90 Å². The highest BCUT2D eigenvalue weighted by molar-refractivity contribution is 5.90. The summed E-state index contributed by atoms with van der Waals surface area (Å²) in [6.45, 7) is 5.58. The van der Waals surface area contributed by atoms with E-state index in [0.29, 0.717) is 19.7 Å². The Labute approximate surface area is 123 Å². The fourth-order valence-corrected chi connectivity index (χ4v) is 3.62. The van der Waals surface area contributed by atoms with E-state index in [-0.39, 0.29) is 12.0 Å². The van der Waals surface area contributed by atoms with Crippen LogP contribution in [0.15, 0.2) is 12.2 Å². The second-order valence-corrected chi connectivity index (χ2v) is 6.27. The van der Waals surface area contributed by atoms with Crippen LogP contribution in [0.2, 0.25) is 0 Å². The monoisotopic (exact) mass is 295 g/mol. The molecule has 1 amide bonds. The second kappa shape index (κ2) is 5.10. The first-order chi connectivity index (χ1) is 9.94. The number of rotatable bonds is 6. The van der Waals surface area contributed by atoms with Crippen molar-refractivity contribution in [1.29, 1.82) is 0 Å². The van der Waals surface area contributed by atoms with Gasteiger partial charge in [0.05, 0.1) is 24.7 Å². The van der Waals surface area contributed by atoms with Crippen LogP contribution in [0.1, 0.15) is 20.3 Å². The number of hydrogen-bond donors (Lipinski definition) is 1. The Kier molecular flexibility index (Phi) is 3.53. The molecule has 2 saturated heterocycles. The van der Waals surface area contributed by atoms with Crippen LogP contribution < -0.4 is 0 Å². The molecule has 2 unspecified atom stereocenters. The lowest BCUT2D eigenvalue weighted by Gasteiger charge is -2.21. The van der Waals surface area contributed by atoms with Crippen molar-refractivity contribution in [2.45, 2.75) is 38.1 Å². The first-order valence-electron chi connectivity index (χ1n) is 7.45. The van der Waals surface area contributed by atoms with Crippen molar-refractivity contribution in [2.24, 2.45) is 11.8 Å². The number of hydrogen-bond acceptors (Lipinski definition) is 4. The van der Waals surface area contributed by atoms with Crippen molar-refractivity contribution in [3.05, 3.63) is 12.2 Å². The molecule has 6 heteroatoms. The number of nitrogens with zero attached hydrogens (tertiary/aromatic N) is 1. The van der Waals surface area contributed by atoms with Gasteiger partial charge in [-0.3, -0.25) is 9.59 Å². The van der Waals surface area contributed by atoms with Crippen molar-refractivity contribution >= 4 is 11.9 Å². The topological polar surface area (TPSA) is 76.1 Å². The molecule has 0 aromatic heterocycles. The van der Waals surface area contributed by atoms with Gasteiger partial charge in [-0.2, -0.15) is 0 Å². The molecule has 2 fully saturated rings.